The average molecular weight is 390 g/mol. The van der Waals surface area contributed by atoms with Crippen molar-refractivity contribution in [3.05, 3.63) is 24.2 Å². The number of aliphatic hydroxyl groups excluding tert-OH is 1. The smallest absolute Gasteiger partial charge is 0.310 e. The van der Waals surface area contributed by atoms with E-state index >= 15 is 0 Å². The van der Waals surface area contributed by atoms with Crippen LogP contribution in [0, 0.1) is 28.6 Å². The molecule has 2 saturated carbocycles. The zero-order chi connectivity index (χ0) is 20.3. The lowest BCUT2D eigenvalue weighted by molar-refractivity contribution is -0.207. The molecule has 0 aromatic carbocycles. The Bertz CT molecular complexity index is 800. The van der Waals surface area contributed by atoms with Crippen molar-refractivity contribution in [3.8, 4) is 0 Å². The van der Waals surface area contributed by atoms with Crippen LogP contribution in [0.4, 0.5) is 0 Å². The van der Waals surface area contributed by atoms with E-state index in [4.69, 9.17) is 13.9 Å². The van der Waals surface area contributed by atoms with E-state index in [1.54, 1.807) is 12.3 Å². The first-order valence-corrected chi connectivity index (χ1v) is 9.74. The molecule has 152 valence electrons. The Kier molecular flexibility index (Phi) is 4.41. The number of cyclic esters (lactones) is 1. The second kappa shape index (κ2) is 6.44. The van der Waals surface area contributed by atoms with Gasteiger partial charge in [-0.15, -0.1) is 0 Å². The van der Waals surface area contributed by atoms with Gasteiger partial charge < -0.3 is 19.0 Å². The van der Waals surface area contributed by atoms with Crippen molar-refractivity contribution in [1.82, 2.24) is 0 Å². The average Bonchev–Trinajstić information content (AvgIpc) is 3.18. The van der Waals surface area contributed by atoms with E-state index in [1.807, 2.05) is 13.8 Å². The number of aliphatic hydroxyl groups is 1. The van der Waals surface area contributed by atoms with Crippen LogP contribution in [0.15, 0.2) is 23.0 Å². The lowest BCUT2D eigenvalue weighted by atomic mass is 9.43. The Hall–Kier alpha value is -2.15. The van der Waals surface area contributed by atoms with E-state index in [1.165, 1.54) is 13.4 Å². The van der Waals surface area contributed by atoms with Gasteiger partial charge in [-0.3, -0.25) is 14.4 Å². The number of fused-ring (bicyclic) bond motifs is 3. The molecule has 0 amide bonds. The Morgan fingerprint density at radius 3 is 2.68 bits per heavy atom. The lowest BCUT2D eigenvalue weighted by Gasteiger charge is -2.60. The Balaban J connectivity index is 1.79. The fourth-order valence-corrected chi connectivity index (χ4v) is 6.17. The van der Waals surface area contributed by atoms with E-state index in [2.05, 4.69) is 0 Å². The van der Waals surface area contributed by atoms with Crippen LogP contribution in [-0.4, -0.2) is 36.0 Å². The van der Waals surface area contributed by atoms with Gasteiger partial charge in [0.1, 0.15) is 12.2 Å². The first-order chi connectivity index (χ1) is 13.2. The van der Waals surface area contributed by atoms with Gasteiger partial charge in [-0.25, -0.2) is 0 Å². The third-order valence-electron chi connectivity index (χ3n) is 7.52. The van der Waals surface area contributed by atoms with E-state index in [0.29, 0.717) is 19.3 Å². The van der Waals surface area contributed by atoms with Crippen molar-refractivity contribution in [2.24, 2.45) is 28.6 Å². The number of hydrogen-bond acceptors (Lipinski definition) is 7. The topological polar surface area (TPSA) is 103 Å². The molecule has 3 aliphatic rings. The maximum atomic E-state index is 13.2. The summed E-state index contributed by atoms with van der Waals surface area (Å²) in [4.78, 5) is 38.6. The molecule has 0 spiro atoms. The molecule has 0 radical (unpaired) electrons. The zero-order valence-corrected chi connectivity index (χ0v) is 16.3. The molecule has 3 fully saturated rings. The summed E-state index contributed by atoms with van der Waals surface area (Å²) in [6.07, 6.45) is 2.88. The summed E-state index contributed by atoms with van der Waals surface area (Å²) >= 11 is 0. The van der Waals surface area contributed by atoms with Crippen LogP contribution in [0.3, 0.4) is 0 Å². The number of furan rings is 1. The minimum absolute atomic E-state index is 0.0643. The third-order valence-corrected chi connectivity index (χ3v) is 7.52. The summed E-state index contributed by atoms with van der Waals surface area (Å²) in [6, 6.07) is 1.75. The molecule has 1 aromatic rings. The Labute approximate surface area is 163 Å². The predicted octanol–water partition coefficient (Wildman–Crippen LogP) is 2.43. The zero-order valence-electron chi connectivity index (χ0n) is 16.3. The van der Waals surface area contributed by atoms with Crippen LogP contribution in [0.25, 0.3) is 0 Å². The largest absolute Gasteiger partial charge is 0.472 e. The summed E-state index contributed by atoms with van der Waals surface area (Å²) in [5, 5.41) is 10.5. The van der Waals surface area contributed by atoms with Gasteiger partial charge in [0.25, 0.3) is 0 Å². The number of rotatable bonds is 2. The van der Waals surface area contributed by atoms with Crippen LogP contribution in [-0.2, 0) is 23.9 Å². The molecule has 7 nitrogen and oxygen atoms in total. The van der Waals surface area contributed by atoms with Crippen LogP contribution in [0.5, 0.6) is 0 Å². The van der Waals surface area contributed by atoms with Crippen molar-refractivity contribution < 1.29 is 33.4 Å². The van der Waals surface area contributed by atoms with Gasteiger partial charge in [-0.1, -0.05) is 13.8 Å². The molecule has 7 heteroatoms. The highest BCUT2D eigenvalue weighted by molar-refractivity contribution is 5.91. The van der Waals surface area contributed by atoms with Crippen LogP contribution < -0.4 is 0 Å². The number of hydrogen-bond donors (Lipinski definition) is 1. The van der Waals surface area contributed by atoms with E-state index in [0.717, 1.165) is 5.56 Å². The van der Waals surface area contributed by atoms with Crippen LogP contribution >= 0.6 is 0 Å². The van der Waals surface area contributed by atoms with Gasteiger partial charge in [0.15, 0.2) is 5.78 Å². The van der Waals surface area contributed by atoms with Crippen LogP contribution in [0.2, 0.25) is 0 Å². The molecule has 2 aliphatic carbocycles. The number of ether oxygens (including phenoxy) is 2. The van der Waals surface area contributed by atoms with E-state index < -0.39 is 46.8 Å². The monoisotopic (exact) mass is 390 g/mol. The normalized spacial score (nSPS) is 42.9. The van der Waals surface area contributed by atoms with Gasteiger partial charge in [0.05, 0.1) is 31.5 Å². The number of carbonyl (C=O) groups is 3. The first-order valence-electron chi connectivity index (χ1n) is 9.74. The number of Topliss-reactive ketones (excluding diaryl/α,β-unsaturated/α-hetero) is 1. The molecule has 1 N–H and O–H groups in total. The first kappa shape index (κ1) is 19.2. The van der Waals surface area contributed by atoms with Gasteiger partial charge >= 0.3 is 11.9 Å². The molecule has 3 unspecified atom stereocenters. The lowest BCUT2D eigenvalue weighted by Crippen LogP contribution is -2.64. The highest BCUT2D eigenvalue weighted by atomic mass is 16.5. The second-order valence-corrected chi connectivity index (χ2v) is 8.95. The minimum atomic E-state index is -1.23. The van der Waals surface area contributed by atoms with Crippen molar-refractivity contribution in [1.29, 1.82) is 0 Å². The molecule has 1 aliphatic heterocycles. The Morgan fingerprint density at radius 1 is 1.29 bits per heavy atom. The number of esters is 2. The number of carbonyl (C=O) groups excluding carboxylic acids is 3. The predicted molar refractivity (Wildman–Crippen MR) is 95.7 cm³/mol. The van der Waals surface area contributed by atoms with Crippen LogP contribution in [0.1, 0.15) is 51.2 Å². The van der Waals surface area contributed by atoms with Crippen molar-refractivity contribution in [2.75, 3.05) is 7.11 Å². The summed E-state index contributed by atoms with van der Waals surface area (Å²) in [7, 11) is 1.32. The summed E-state index contributed by atoms with van der Waals surface area (Å²) in [6.45, 7) is 3.86. The fraction of sp³-hybridized carbons (Fsp3) is 0.667. The molecule has 0 bridgehead atoms. The number of ketones is 1. The molecule has 1 saturated heterocycles. The summed E-state index contributed by atoms with van der Waals surface area (Å²) in [5.41, 5.74) is -0.656. The van der Waals surface area contributed by atoms with Gasteiger partial charge in [-0.05, 0) is 42.6 Å². The van der Waals surface area contributed by atoms with E-state index in [-0.39, 0.29) is 18.2 Å². The van der Waals surface area contributed by atoms with Gasteiger partial charge in [0, 0.05) is 11.5 Å². The summed E-state index contributed by atoms with van der Waals surface area (Å²) < 4.78 is 15.8. The molecule has 7 atom stereocenters. The molecule has 1 aromatic heterocycles. The van der Waals surface area contributed by atoms with Gasteiger partial charge in [0.2, 0.25) is 0 Å². The molecule has 28 heavy (non-hydrogen) atoms. The number of methoxy groups -OCH3 is 1. The van der Waals surface area contributed by atoms with Crippen molar-refractivity contribution in [2.45, 2.75) is 51.7 Å². The van der Waals surface area contributed by atoms with Crippen molar-refractivity contribution >= 4 is 17.7 Å². The van der Waals surface area contributed by atoms with Gasteiger partial charge in [-0.2, -0.15) is 0 Å². The summed E-state index contributed by atoms with van der Waals surface area (Å²) in [5.74, 6) is -2.68. The molecular formula is C21H26O7. The highest BCUT2D eigenvalue weighted by Gasteiger charge is 2.67. The van der Waals surface area contributed by atoms with Crippen molar-refractivity contribution in [3.63, 3.8) is 0 Å². The maximum absolute atomic E-state index is 13.2. The SMILES string of the molecule is COC(=O)[C@@H]1CC(O)C(=O)C2[C@@]3(C)C[C@@H](c4ccoc4)OC(=O)C3CC[C@]21C. The molecule has 4 rings (SSSR count). The van der Waals surface area contributed by atoms with E-state index in [9.17, 15) is 19.5 Å². The second-order valence-electron chi connectivity index (χ2n) is 8.95. The maximum Gasteiger partial charge on any atom is 0.310 e. The molecule has 2 heterocycles. The highest BCUT2D eigenvalue weighted by Crippen LogP contribution is 2.64. The fourth-order valence-electron chi connectivity index (χ4n) is 6.17. The quantitative estimate of drug-likeness (QED) is 0.774. The minimum Gasteiger partial charge on any atom is -0.472 e. The standard InChI is InChI=1S/C21H26O7/c1-20-6-4-12-19(25)28-15(11-5-7-27-10-11)9-21(12,2)17(20)16(23)14(22)8-13(20)18(24)26-3/h5,7,10,12-15,17,22H,4,6,8-9H2,1-3H3/t12?,13-,14?,15-,17?,20-,21-/m0/s1. The molecular weight excluding hydrogens is 364 g/mol. The third kappa shape index (κ3) is 2.55. The Morgan fingerprint density at radius 2 is 2.04 bits per heavy atom.